The van der Waals surface area contributed by atoms with Crippen LogP contribution in [0.25, 0.3) is 0 Å². The summed E-state index contributed by atoms with van der Waals surface area (Å²) in [6, 6.07) is 13.1. The number of methoxy groups -OCH3 is 1. The van der Waals surface area contributed by atoms with Crippen molar-refractivity contribution in [1.82, 2.24) is 0 Å². The van der Waals surface area contributed by atoms with Gasteiger partial charge in [-0.1, -0.05) is 12.1 Å². The molecule has 0 unspecified atom stereocenters. The van der Waals surface area contributed by atoms with Crippen molar-refractivity contribution >= 4 is 17.7 Å². The topological polar surface area (TPSA) is 78.9 Å². The second kappa shape index (κ2) is 8.63. The quantitative estimate of drug-likeness (QED) is 0.569. The normalized spacial score (nSPS) is 10.0. The molecule has 0 heterocycles. The minimum Gasteiger partial charge on any atom is -0.482 e. The van der Waals surface area contributed by atoms with E-state index < -0.39 is 11.9 Å². The summed E-state index contributed by atoms with van der Waals surface area (Å²) in [5.74, 6) is -0.506. The number of rotatable bonds is 7. The Balaban J connectivity index is 1.78. The van der Waals surface area contributed by atoms with Crippen LogP contribution in [0.3, 0.4) is 0 Å². The van der Waals surface area contributed by atoms with Gasteiger partial charge in [-0.3, -0.25) is 4.79 Å². The molecule has 0 aliphatic carbocycles. The van der Waals surface area contributed by atoms with Crippen LogP contribution in [0.5, 0.6) is 5.75 Å². The monoisotopic (exact) mass is 342 g/mol. The summed E-state index contributed by atoms with van der Waals surface area (Å²) < 4.78 is 15.0. The van der Waals surface area contributed by atoms with E-state index in [2.05, 4.69) is 4.74 Å². The van der Waals surface area contributed by atoms with Gasteiger partial charge in [0.25, 0.3) is 0 Å². The lowest BCUT2D eigenvalue weighted by Crippen LogP contribution is -2.14. The molecule has 0 amide bonds. The lowest BCUT2D eigenvalue weighted by molar-refractivity contribution is -0.147. The number of esters is 2. The number of carbonyl (C=O) groups excluding carboxylic acids is 3. The van der Waals surface area contributed by atoms with Crippen LogP contribution in [0.1, 0.15) is 33.2 Å². The molecule has 25 heavy (non-hydrogen) atoms. The average Bonchev–Trinajstić information content (AvgIpc) is 2.64. The zero-order valence-corrected chi connectivity index (χ0v) is 14.0. The second-order valence-corrected chi connectivity index (χ2v) is 5.22. The van der Waals surface area contributed by atoms with Crippen molar-refractivity contribution < 1.29 is 28.6 Å². The van der Waals surface area contributed by atoms with Crippen LogP contribution >= 0.6 is 0 Å². The minimum absolute atomic E-state index is 0.0378. The first-order chi connectivity index (χ1) is 12.0. The molecule has 0 fully saturated rings. The molecule has 0 spiro atoms. The number of ketones is 1. The molecule has 0 aliphatic heterocycles. The number of ether oxygens (including phenoxy) is 3. The van der Waals surface area contributed by atoms with Crippen molar-refractivity contribution in [1.29, 1.82) is 0 Å². The molecule has 0 saturated heterocycles. The van der Waals surface area contributed by atoms with Crippen LogP contribution in [0.2, 0.25) is 0 Å². The molecule has 0 aliphatic rings. The molecular formula is C19H18O6. The highest BCUT2D eigenvalue weighted by atomic mass is 16.6. The summed E-state index contributed by atoms with van der Waals surface area (Å²) >= 11 is 0. The number of hydrogen-bond donors (Lipinski definition) is 0. The van der Waals surface area contributed by atoms with Crippen molar-refractivity contribution in [2.75, 3.05) is 13.7 Å². The fourth-order valence-electron chi connectivity index (χ4n) is 1.99. The Morgan fingerprint density at radius 3 is 2.04 bits per heavy atom. The van der Waals surface area contributed by atoms with Gasteiger partial charge < -0.3 is 14.2 Å². The largest absolute Gasteiger partial charge is 0.482 e. The lowest BCUT2D eigenvalue weighted by Gasteiger charge is -2.08. The van der Waals surface area contributed by atoms with E-state index in [-0.39, 0.29) is 19.0 Å². The fraction of sp³-hybridized carbons (Fsp3) is 0.211. The molecule has 6 nitrogen and oxygen atoms in total. The Kier molecular flexibility index (Phi) is 6.28. The Labute approximate surface area is 145 Å². The number of benzene rings is 2. The summed E-state index contributed by atoms with van der Waals surface area (Å²) in [7, 11) is 1.31. The third kappa shape index (κ3) is 5.46. The van der Waals surface area contributed by atoms with Gasteiger partial charge >= 0.3 is 11.9 Å². The van der Waals surface area contributed by atoms with E-state index in [4.69, 9.17) is 9.47 Å². The molecule has 0 atom stereocenters. The predicted molar refractivity (Wildman–Crippen MR) is 89.5 cm³/mol. The molecule has 0 saturated carbocycles. The van der Waals surface area contributed by atoms with Crippen LogP contribution < -0.4 is 4.74 Å². The number of Topliss-reactive ketones (excluding diaryl/α,β-unsaturated/α-hetero) is 1. The first kappa shape index (κ1) is 18.2. The summed E-state index contributed by atoms with van der Waals surface area (Å²) in [5, 5.41) is 0. The van der Waals surface area contributed by atoms with E-state index in [1.54, 1.807) is 48.5 Å². The molecule has 6 heteroatoms. The molecule has 0 radical (unpaired) electrons. The molecular weight excluding hydrogens is 324 g/mol. The third-order valence-electron chi connectivity index (χ3n) is 3.39. The van der Waals surface area contributed by atoms with Crippen LogP contribution in [0, 0.1) is 0 Å². The average molecular weight is 342 g/mol. The maximum atomic E-state index is 11.7. The van der Waals surface area contributed by atoms with E-state index in [1.165, 1.54) is 14.0 Å². The van der Waals surface area contributed by atoms with Gasteiger partial charge in [-0.2, -0.15) is 0 Å². The van der Waals surface area contributed by atoms with Crippen molar-refractivity contribution in [3.8, 4) is 5.75 Å². The highest BCUT2D eigenvalue weighted by molar-refractivity contribution is 5.94. The van der Waals surface area contributed by atoms with Crippen LogP contribution in [0.4, 0.5) is 0 Å². The van der Waals surface area contributed by atoms with Crippen molar-refractivity contribution in [3.05, 3.63) is 65.2 Å². The van der Waals surface area contributed by atoms with E-state index in [1.807, 2.05) is 0 Å². The maximum Gasteiger partial charge on any atom is 0.344 e. The van der Waals surface area contributed by atoms with Crippen LogP contribution in [0.15, 0.2) is 48.5 Å². The Morgan fingerprint density at radius 2 is 1.48 bits per heavy atom. The Hall–Kier alpha value is -3.15. The SMILES string of the molecule is COC(=O)c1ccc(COC(=O)COc2ccc(C(C)=O)cc2)cc1. The molecule has 130 valence electrons. The predicted octanol–water partition coefficient (Wildman–Crippen LogP) is 2.80. The van der Waals surface area contributed by atoms with Crippen molar-refractivity contribution in [2.24, 2.45) is 0 Å². The van der Waals surface area contributed by atoms with Crippen molar-refractivity contribution in [3.63, 3.8) is 0 Å². The van der Waals surface area contributed by atoms with Gasteiger partial charge in [0, 0.05) is 5.56 Å². The maximum absolute atomic E-state index is 11.7. The zero-order valence-electron chi connectivity index (χ0n) is 14.0. The number of carbonyl (C=O) groups is 3. The van der Waals surface area contributed by atoms with Gasteiger partial charge in [0.1, 0.15) is 12.4 Å². The van der Waals surface area contributed by atoms with E-state index >= 15 is 0 Å². The van der Waals surface area contributed by atoms with Gasteiger partial charge in [-0.05, 0) is 48.9 Å². The third-order valence-corrected chi connectivity index (χ3v) is 3.39. The van der Waals surface area contributed by atoms with Crippen LogP contribution in [-0.4, -0.2) is 31.4 Å². The van der Waals surface area contributed by atoms with E-state index in [9.17, 15) is 14.4 Å². The molecule has 0 N–H and O–H groups in total. The smallest absolute Gasteiger partial charge is 0.344 e. The van der Waals surface area contributed by atoms with Gasteiger partial charge in [0.05, 0.1) is 12.7 Å². The highest BCUT2D eigenvalue weighted by Crippen LogP contribution is 2.13. The first-order valence-electron chi connectivity index (χ1n) is 7.56. The minimum atomic E-state index is -0.521. The molecule has 2 aromatic carbocycles. The summed E-state index contributed by atoms with van der Waals surface area (Å²) in [6.07, 6.45) is 0. The summed E-state index contributed by atoms with van der Waals surface area (Å²) in [5.41, 5.74) is 1.74. The van der Waals surface area contributed by atoms with Gasteiger partial charge in [0.2, 0.25) is 0 Å². The van der Waals surface area contributed by atoms with E-state index in [0.717, 1.165) is 5.56 Å². The fourth-order valence-corrected chi connectivity index (χ4v) is 1.99. The van der Waals surface area contributed by atoms with Gasteiger partial charge in [-0.15, -0.1) is 0 Å². The first-order valence-corrected chi connectivity index (χ1v) is 7.56. The molecule has 0 aromatic heterocycles. The Bertz CT molecular complexity index is 746. The summed E-state index contributed by atoms with van der Waals surface area (Å²) in [6.45, 7) is 1.32. The van der Waals surface area contributed by atoms with Crippen LogP contribution in [-0.2, 0) is 20.9 Å². The highest BCUT2D eigenvalue weighted by Gasteiger charge is 2.08. The second-order valence-electron chi connectivity index (χ2n) is 5.22. The van der Waals surface area contributed by atoms with Gasteiger partial charge in [0.15, 0.2) is 12.4 Å². The van der Waals surface area contributed by atoms with E-state index in [0.29, 0.717) is 16.9 Å². The molecule has 0 bridgehead atoms. The molecule has 2 rings (SSSR count). The lowest BCUT2D eigenvalue weighted by atomic mass is 10.1. The number of hydrogen-bond acceptors (Lipinski definition) is 6. The zero-order chi connectivity index (χ0) is 18.2. The van der Waals surface area contributed by atoms with Crippen molar-refractivity contribution in [2.45, 2.75) is 13.5 Å². The Morgan fingerprint density at radius 1 is 0.880 bits per heavy atom. The molecule has 2 aromatic rings. The standard InChI is InChI=1S/C19H18O6/c1-13(20)15-7-9-17(10-8-15)24-12-18(21)25-11-14-3-5-16(6-4-14)19(22)23-2/h3-10H,11-12H2,1-2H3. The summed E-state index contributed by atoms with van der Waals surface area (Å²) in [4.78, 5) is 34.2. The van der Waals surface area contributed by atoms with Gasteiger partial charge in [-0.25, -0.2) is 9.59 Å².